The molecule has 0 spiro atoms. The predicted octanol–water partition coefficient (Wildman–Crippen LogP) is 6.44. The van der Waals surface area contributed by atoms with Crippen LogP contribution >= 0.6 is 11.6 Å². The highest BCUT2D eigenvalue weighted by molar-refractivity contribution is 6.31. The van der Waals surface area contributed by atoms with E-state index in [1.165, 1.54) is 41.6 Å². The van der Waals surface area contributed by atoms with Crippen LogP contribution in [-0.4, -0.2) is 34.2 Å². The van der Waals surface area contributed by atoms with Crippen molar-refractivity contribution < 1.29 is 4.79 Å². The molecule has 0 radical (unpaired) electrons. The number of carbonyl (C=O) groups excluding carboxylic acids is 1. The number of para-hydroxylation sites is 1. The Bertz CT molecular complexity index is 1330. The molecule has 35 heavy (non-hydrogen) atoms. The predicted molar refractivity (Wildman–Crippen MR) is 143 cm³/mol. The monoisotopic (exact) mass is 489 g/mol. The summed E-state index contributed by atoms with van der Waals surface area (Å²) in [5.41, 5.74) is 6.24. The Kier molecular flexibility index (Phi) is 7.48. The highest BCUT2D eigenvalue weighted by Crippen LogP contribution is 2.34. The highest BCUT2D eigenvalue weighted by Gasteiger charge is 2.18. The number of amides is 1. The zero-order valence-electron chi connectivity index (χ0n) is 20.0. The van der Waals surface area contributed by atoms with Crippen molar-refractivity contribution in [3.63, 3.8) is 0 Å². The van der Waals surface area contributed by atoms with Crippen molar-refractivity contribution in [2.24, 2.45) is 0 Å². The van der Waals surface area contributed by atoms with Crippen molar-refractivity contribution in [1.82, 2.24) is 20.5 Å². The Morgan fingerprint density at radius 2 is 1.74 bits per heavy atom. The van der Waals surface area contributed by atoms with Gasteiger partial charge in [-0.1, -0.05) is 49.1 Å². The van der Waals surface area contributed by atoms with E-state index in [0.29, 0.717) is 12.2 Å². The summed E-state index contributed by atoms with van der Waals surface area (Å²) >= 11 is 6.23. The molecule has 2 heterocycles. The maximum absolute atomic E-state index is 12.4. The first-order chi connectivity index (χ1) is 17.2. The molecule has 0 unspecified atom stereocenters. The zero-order valence-corrected chi connectivity index (χ0v) is 20.8. The van der Waals surface area contributed by atoms with Gasteiger partial charge in [-0.05, 0) is 68.4 Å². The van der Waals surface area contributed by atoms with E-state index in [0.717, 1.165) is 66.5 Å². The first-order valence-corrected chi connectivity index (χ1v) is 13.1. The van der Waals surface area contributed by atoms with E-state index in [1.54, 1.807) is 0 Å². The molecule has 0 saturated carbocycles. The van der Waals surface area contributed by atoms with Crippen molar-refractivity contribution in [2.75, 3.05) is 18.4 Å². The molecule has 3 N–H and O–H groups in total. The van der Waals surface area contributed by atoms with Crippen molar-refractivity contribution in [1.29, 1.82) is 0 Å². The first-order valence-electron chi connectivity index (χ1n) is 12.8. The summed E-state index contributed by atoms with van der Waals surface area (Å²) in [6.07, 6.45) is 10.1. The summed E-state index contributed by atoms with van der Waals surface area (Å²) < 4.78 is 0. The van der Waals surface area contributed by atoms with Crippen molar-refractivity contribution in [3.8, 4) is 0 Å². The molecule has 1 aliphatic rings. The van der Waals surface area contributed by atoms with Crippen LogP contribution in [0.4, 0.5) is 5.69 Å². The Balaban J connectivity index is 1.04. The second-order valence-corrected chi connectivity index (χ2v) is 9.79. The molecule has 6 nitrogen and oxygen atoms in total. The van der Waals surface area contributed by atoms with E-state index in [2.05, 4.69) is 26.9 Å². The number of fused-ring (bicyclic) bond motifs is 3. The van der Waals surface area contributed by atoms with Crippen LogP contribution in [0.5, 0.6) is 0 Å². The fraction of sp³-hybridized carbons (Fsp3) is 0.393. The lowest BCUT2D eigenvalue weighted by atomic mass is 9.92. The van der Waals surface area contributed by atoms with Gasteiger partial charge in [-0.15, -0.1) is 0 Å². The number of anilines is 1. The van der Waals surface area contributed by atoms with Gasteiger partial charge in [0, 0.05) is 40.3 Å². The maximum atomic E-state index is 12.4. The Labute approximate surface area is 210 Å². The fourth-order valence-corrected chi connectivity index (χ4v) is 5.18. The van der Waals surface area contributed by atoms with E-state index >= 15 is 0 Å². The van der Waals surface area contributed by atoms with Crippen LogP contribution in [0.15, 0.2) is 42.5 Å². The number of hydrogen-bond acceptors (Lipinski definition) is 4. The first kappa shape index (κ1) is 23.6. The molecule has 5 rings (SSSR count). The third kappa shape index (κ3) is 5.43. The second kappa shape index (κ2) is 11.1. The smallest absolute Gasteiger partial charge is 0.272 e. The van der Waals surface area contributed by atoms with Gasteiger partial charge in [0.1, 0.15) is 0 Å². The molecule has 0 bridgehead atoms. The third-order valence-corrected chi connectivity index (χ3v) is 7.09. The van der Waals surface area contributed by atoms with Crippen LogP contribution in [0.1, 0.15) is 66.7 Å². The molecule has 182 valence electrons. The number of unbranched alkanes of at least 4 members (excludes halogenated alkanes) is 4. The Morgan fingerprint density at radius 1 is 0.943 bits per heavy atom. The topological polar surface area (TPSA) is 82.7 Å². The standard InChI is InChI=1S/C28H32ClN5O/c29-19-14-15-22-25(18-19)32-23-12-6-4-10-20(23)26(22)30-16-8-2-1-3-9-17-31-28(35)27-21-11-5-7-13-24(21)33-34-27/h5,7,11,13-15,18H,1-4,6,8-10,12,16-17H2,(H,30,32)(H,31,35)(H,33,34). The summed E-state index contributed by atoms with van der Waals surface area (Å²) in [5.74, 6) is -0.110. The zero-order chi connectivity index (χ0) is 24.0. The highest BCUT2D eigenvalue weighted by atomic mass is 35.5. The van der Waals surface area contributed by atoms with Gasteiger partial charge in [0.05, 0.1) is 11.0 Å². The minimum atomic E-state index is -0.110. The number of aryl methyl sites for hydroxylation is 1. The third-order valence-electron chi connectivity index (χ3n) is 6.85. The van der Waals surface area contributed by atoms with Crippen LogP contribution < -0.4 is 10.6 Å². The molecule has 0 atom stereocenters. The van der Waals surface area contributed by atoms with Gasteiger partial charge in [0.2, 0.25) is 0 Å². The number of rotatable bonds is 10. The molecule has 2 aromatic heterocycles. The SMILES string of the molecule is O=C(NCCCCCCCNc1c2c(nc3cc(Cl)ccc13)CCCC2)c1n[nH]c2ccccc12. The van der Waals surface area contributed by atoms with Crippen LogP contribution in [-0.2, 0) is 12.8 Å². The summed E-state index contributed by atoms with van der Waals surface area (Å²) in [7, 11) is 0. The van der Waals surface area contributed by atoms with E-state index in [1.807, 2.05) is 36.4 Å². The van der Waals surface area contributed by atoms with Crippen molar-refractivity contribution in [3.05, 3.63) is 64.4 Å². The number of nitrogens with zero attached hydrogens (tertiary/aromatic N) is 2. The molecule has 4 aromatic rings. The van der Waals surface area contributed by atoms with Crippen molar-refractivity contribution >= 4 is 45.0 Å². The van der Waals surface area contributed by atoms with Crippen LogP contribution in [0.25, 0.3) is 21.8 Å². The number of H-pyrrole nitrogens is 1. The second-order valence-electron chi connectivity index (χ2n) is 9.35. The number of pyridine rings is 1. The molecule has 0 saturated heterocycles. The van der Waals surface area contributed by atoms with E-state index in [4.69, 9.17) is 16.6 Å². The minimum Gasteiger partial charge on any atom is -0.384 e. The van der Waals surface area contributed by atoms with E-state index < -0.39 is 0 Å². The van der Waals surface area contributed by atoms with Crippen LogP contribution in [0.2, 0.25) is 5.02 Å². The van der Waals surface area contributed by atoms with Gasteiger partial charge < -0.3 is 10.6 Å². The van der Waals surface area contributed by atoms with Crippen molar-refractivity contribution in [2.45, 2.75) is 57.8 Å². The number of aromatic amines is 1. The summed E-state index contributed by atoms with van der Waals surface area (Å²) in [6, 6.07) is 13.7. The molecule has 0 aliphatic heterocycles. The maximum Gasteiger partial charge on any atom is 0.272 e. The number of carbonyl (C=O) groups is 1. The molecule has 1 aliphatic carbocycles. The molecule has 1 amide bonds. The number of halogens is 1. The lowest BCUT2D eigenvalue weighted by Gasteiger charge is -2.22. The minimum absolute atomic E-state index is 0.110. The summed E-state index contributed by atoms with van der Waals surface area (Å²) in [6.45, 7) is 1.63. The van der Waals surface area contributed by atoms with Gasteiger partial charge >= 0.3 is 0 Å². The molecule has 7 heteroatoms. The number of hydrogen-bond donors (Lipinski definition) is 3. The lowest BCUT2D eigenvalue weighted by Crippen LogP contribution is -2.25. The molecular formula is C28H32ClN5O. The van der Waals surface area contributed by atoms with Gasteiger partial charge in [-0.25, -0.2) is 0 Å². The van der Waals surface area contributed by atoms with E-state index in [-0.39, 0.29) is 5.91 Å². The largest absolute Gasteiger partial charge is 0.384 e. The lowest BCUT2D eigenvalue weighted by molar-refractivity contribution is 0.0949. The average Bonchev–Trinajstić information content (AvgIpc) is 3.31. The van der Waals surface area contributed by atoms with Crippen LogP contribution in [0.3, 0.4) is 0 Å². The quantitative estimate of drug-likeness (QED) is 0.224. The average molecular weight is 490 g/mol. The fourth-order valence-electron chi connectivity index (χ4n) is 5.02. The Hall–Kier alpha value is -3.12. The number of aromatic nitrogens is 3. The van der Waals surface area contributed by atoms with Gasteiger partial charge in [-0.2, -0.15) is 5.10 Å². The molecule has 0 fully saturated rings. The van der Waals surface area contributed by atoms with Gasteiger partial charge in [0.25, 0.3) is 5.91 Å². The summed E-state index contributed by atoms with van der Waals surface area (Å²) in [5, 5.41) is 16.6. The van der Waals surface area contributed by atoms with Gasteiger partial charge in [-0.3, -0.25) is 14.9 Å². The normalized spacial score (nSPS) is 13.2. The van der Waals surface area contributed by atoms with Crippen LogP contribution in [0, 0.1) is 0 Å². The molecule has 2 aromatic carbocycles. The van der Waals surface area contributed by atoms with Gasteiger partial charge in [0.15, 0.2) is 5.69 Å². The van der Waals surface area contributed by atoms with E-state index in [9.17, 15) is 4.79 Å². The molecular weight excluding hydrogens is 458 g/mol. The number of benzene rings is 2. The Morgan fingerprint density at radius 3 is 2.66 bits per heavy atom. The summed E-state index contributed by atoms with van der Waals surface area (Å²) in [4.78, 5) is 17.3. The number of nitrogens with one attached hydrogen (secondary N) is 3.